The first-order chi connectivity index (χ1) is 8.00. The van der Waals surface area contributed by atoms with Gasteiger partial charge in [-0.1, -0.05) is 29.8 Å². The summed E-state index contributed by atoms with van der Waals surface area (Å²) >= 11 is 5.92. The number of halogens is 1. The summed E-state index contributed by atoms with van der Waals surface area (Å²) in [5.41, 5.74) is 5.32. The summed E-state index contributed by atoms with van der Waals surface area (Å²) in [7, 11) is 0. The van der Waals surface area contributed by atoms with Crippen molar-refractivity contribution in [3.05, 3.63) is 47.5 Å². The molecule has 0 heterocycles. The second-order valence-corrected chi connectivity index (χ2v) is 4.44. The molecule has 0 spiro atoms. The maximum atomic E-state index is 11.6. The highest BCUT2D eigenvalue weighted by Gasteiger charge is 2.32. The number of nitrogens with two attached hydrogens (primary N) is 1. The predicted molar refractivity (Wildman–Crippen MR) is 70.8 cm³/mol. The third kappa shape index (κ3) is 3.32. The van der Waals surface area contributed by atoms with E-state index in [1.807, 2.05) is 6.07 Å². The van der Waals surface area contributed by atoms with Crippen molar-refractivity contribution in [3.63, 3.8) is 0 Å². The van der Waals surface area contributed by atoms with E-state index in [0.29, 0.717) is 11.6 Å². The number of carbonyl (C=O) groups excluding carboxylic acids is 1. The molecule has 1 unspecified atom stereocenters. The molecule has 0 aliphatic rings. The lowest BCUT2D eigenvalue weighted by atomic mass is 9.91. The number of carbonyl (C=O) groups is 1. The van der Waals surface area contributed by atoms with Gasteiger partial charge in [-0.2, -0.15) is 0 Å². The molecule has 1 amide bonds. The van der Waals surface area contributed by atoms with Gasteiger partial charge in [0, 0.05) is 5.02 Å². The fourth-order valence-corrected chi connectivity index (χ4v) is 1.75. The van der Waals surface area contributed by atoms with Gasteiger partial charge in [-0.3, -0.25) is 10.1 Å². The number of primary amides is 1. The SMILES string of the molecule is C=CCCNC(C)(C(N)=O)c1cccc(Cl)c1. The zero-order chi connectivity index (χ0) is 12.9. The van der Waals surface area contributed by atoms with Gasteiger partial charge in [0.25, 0.3) is 0 Å². The molecule has 1 aromatic carbocycles. The van der Waals surface area contributed by atoms with Gasteiger partial charge in [0.15, 0.2) is 0 Å². The minimum Gasteiger partial charge on any atom is -0.368 e. The summed E-state index contributed by atoms with van der Waals surface area (Å²) in [4.78, 5) is 11.6. The molecule has 1 atom stereocenters. The Morgan fingerprint density at radius 2 is 2.35 bits per heavy atom. The highest BCUT2D eigenvalue weighted by atomic mass is 35.5. The van der Waals surface area contributed by atoms with Crippen LogP contribution in [0.1, 0.15) is 18.9 Å². The molecule has 92 valence electrons. The molecular weight excluding hydrogens is 236 g/mol. The van der Waals surface area contributed by atoms with Crippen LogP contribution in [0.5, 0.6) is 0 Å². The molecule has 0 saturated heterocycles. The van der Waals surface area contributed by atoms with Crippen LogP contribution in [0.2, 0.25) is 5.02 Å². The number of hydrogen-bond donors (Lipinski definition) is 2. The van der Waals surface area contributed by atoms with Crippen LogP contribution in [0.25, 0.3) is 0 Å². The van der Waals surface area contributed by atoms with Crippen LogP contribution in [0, 0.1) is 0 Å². The Balaban J connectivity index is 2.98. The van der Waals surface area contributed by atoms with Crippen molar-refractivity contribution in [1.29, 1.82) is 0 Å². The van der Waals surface area contributed by atoms with Gasteiger partial charge in [0.1, 0.15) is 5.54 Å². The molecular formula is C13H17ClN2O. The van der Waals surface area contributed by atoms with E-state index in [9.17, 15) is 4.79 Å². The predicted octanol–water partition coefficient (Wildman–Crippen LogP) is 2.21. The van der Waals surface area contributed by atoms with E-state index in [1.54, 1.807) is 31.2 Å². The van der Waals surface area contributed by atoms with Crippen LogP contribution >= 0.6 is 11.6 Å². The van der Waals surface area contributed by atoms with Crippen molar-refractivity contribution >= 4 is 17.5 Å². The average Bonchev–Trinajstić information content (AvgIpc) is 2.29. The Kier molecular flexibility index (Phi) is 4.73. The lowest BCUT2D eigenvalue weighted by Crippen LogP contribution is -2.50. The van der Waals surface area contributed by atoms with E-state index in [0.717, 1.165) is 12.0 Å². The standard InChI is InChI=1S/C13H17ClN2O/c1-3-4-8-16-13(2,12(15)17)10-6-5-7-11(14)9-10/h3,5-7,9,16H,1,4,8H2,2H3,(H2,15,17). The highest BCUT2D eigenvalue weighted by molar-refractivity contribution is 6.30. The van der Waals surface area contributed by atoms with Crippen LogP contribution in [0.15, 0.2) is 36.9 Å². The monoisotopic (exact) mass is 252 g/mol. The van der Waals surface area contributed by atoms with Crippen LogP contribution in [-0.4, -0.2) is 12.5 Å². The van der Waals surface area contributed by atoms with E-state index in [1.165, 1.54) is 0 Å². The molecule has 1 aromatic rings. The normalized spacial score (nSPS) is 14.0. The molecule has 17 heavy (non-hydrogen) atoms. The van der Waals surface area contributed by atoms with E-state index in [2.05, 4.69) is 11.9 Å². The number of rotatable bonds is 6. The van der Waals surface area contributed by atoms with E-state index >= 15 is 0 Å². The Bertz CT molecular complexity index is 420. The molecule has 0 fully saturated rings. The average molecular weight is 253 g/mol. The summed E-state index contributed by atoms with van der Waals surface area (Å²) in [6.07, 6.45) is 2.55. The maximum Gasteiger partial charge on any atom is 0.242 e. The molecule has 4 heteroatoms. The van der Waals surface area contributed by atoms with Crippen molar-refractivity contribution in [3.8, 4) is 0 Å². The molecule has 3 nitrogen and oxygen atoms in total. The lowest BCUT2D eigenvalue weighted by molar-refractivity contribution is -0.124. The van der Waals surface area contributed by atoms with E-state index in [4.69, 9.17) is 17.3 Å². The second-order valence-electron chi connectivity index (χ2n) is 4.00. The maximum absolute atomic E-state index is 11.6. The van der Waals surface area contributed by atoms with Crippen molar-refractivity contribution < 1.29 is 4.79 Å². The Hall–Kier alpha value is -1.32. The summed E-state index contributed by atoms with van der Waals surface area (Å²) < 4.78 is 0. The van der Waals surface area contributed by atoms with Crippen LogP contribution < -0.4 is 11.1 Å². The summed E-state index contributed by atoms with van der Waals surface area (Å²) in [5.74, 6) is -0.427. The first-order valence-electron chi connectivity index (χ1n) is 5.42. The molecule has 0 aliphatic carbocycles. The Labute approximate surface area is 107 Å². The topological polar surface area (TPSA) is 55.1 Å². The second kappa shape index (κ2) is 5.84. The number of benzene rings is 1. The van der Waals surface area contributed by atoms with E-state index in [-0.39, 0.29) is 0 Å². The number of amides is 1. The smallest absolute Gasteiger partial charge is 0.242 e. The van der Waals surface area contributed by atoms with Crippen LogP contribution in [0.3, 0.4) is 0 Å². The minimum absolute atomic E-state index is 0.427. The summed E-state index contributed by atoms with van der Waals surface area (Å²) in [6, 6.07) is 7.13. The highest BCUT2D eigenvalue weighted by Crippen LogP contribution is 2.23. The quantitative estimate of drug-likeness (QED) is 0.603. The van der Waals surface area contributed by atoms with Gasteiger partial charge in [-0.25, -0.2) is 0 Å². The van der Waals surface area contributed by atoms with Gasteiger partial charge in [0.05, 0.1) is 0 Å². The Morgan fingerprint density at radius 3 is 2.88 bits per heavy atom. The van der Waals surface area contributed by atoms with Gasteiger partial charge in [0.2, 0.25) is 5.91 Å². The zero-order valence-corrected chi connectivity index (χ0v) is 10.6. The van der Waals surface area contributed by atoms with Gasteiger partial charge in [-0.15, -0.1) is 6.58 Å². The third-order valence-corrected chi connectivity index (χ3v) is 2.96. The third-order valence-electron chi connectivity index (χ3n) is 2.72. The molecule has 0 radical (unpaired) electrons. The van der Waals surface area contributed by atoms with Crippen molar-refractivity contribution in [1.82, 2.24) is 5.32 Å². The van der Waals surface area contributed by atoms with Gasteiger partial charge in [-0.05, 0) is 37.6 Å². The van der Waals surface area contributed by atoms with E-state index < -0.39 is 11.4 Å². The van der Waals surface area contributed by atoms with Crippen LogP contribution in [-0.2, 0) is 10.3 Å². The number of nitrogens with one attached hydrogen (secondary N) is 1. The lowest BCUT2D eigenvalue weighted by Gasteiger charge is -2.28. The van der Waals surface area contributed by atoms with Crippen molar-refractivity contribution in [2.75, 3.05) is 6.54 Å². The van der Waals surface area contributed by atoms with Crippen LogP contribution in [0.4, 0.5) is 0 Å². The fraction of sp³-hybridized carbons (Fsp3) is 0.308. The molecule has 1 rings (SSSR count). The molecule has 0 bridgehead atoms. The molecule has 0 saturated carbocycles. The number of hydrogen-bond acceptors (Lipinski definition) is 2. The summed E-state index contributed by atoms with van der Waals surface area (Å²) in [6.45, 7) is 6.02. The molecule has 0 aliphatic heterocycles. The minimum atomic E-state index is -0.909. The molecule has 0 aromatic heterocycles. The molecule has 3 N–H and O–H groups in total. The Morgan fingerprint density at radius 1 is 1.65 bits per heavy atom. The van der Waals surface area contributed by atoms with Gasteiger partial charge < -0.3 is 5.73 Å². The van der Waals surface area contributed by atoms with Crippen molar-refractivity contribution in [2.24, 2.45) is 5.73 Å². The van der Waals surface area contributed by atoms with Gasteiger partial charge >= 0.3 is 0 Å². The zero-order valence-electron chi connectivity index (χ0n) is 9.87. The largest absolute Gasteiger partial charge is 0.368 e. The first kappa shape index (κ1) is 13.7. The first-order valence-corrected chi connectivity index (χ1v) is 5.80. The fourth-order valence-electron chi connectivity index (χ4n) is 1.56. The summed E-state index contributed by atoms with van der Waals surface area (Å²) in [5, 5.41) is 3.72. The van der Waals surface area contributed by atoms with Crippen molar-refractivity contribution in [2.45, 2.75) is 18.9 Å².